The van der Waals surface area contributed by atoms with Gasteiger partial charge in [0.15, 0.2) is 0 Å². The Morgan fingerprint density at radius 1 is 1.00 bits per heavy atom. The standard InChI is InChI=1S/2CH3.H2O3.H2O2.H2O.U.V/c;;1-3-2;1-2;;;/h2*1H3;1-2H;1-2H;1H2;;/q-1;+1;;;;;. The van der Waals surface area contributed by atoms with E-state index in [-0.39, 0.29) is 70.0 Å². The van der Waals surface area contributed by atoms with Crippen molar-refractivity contribution in [1.29, 1.82) is 0 Å². The average Bonchev–Trinajstić information content (AvgIpc) is 1.46. The van der Waals surface area contributed by atoms with Gasteiger partial charge in [-0.1, -0.05) is 5.04 Å². The maximum Gasteiger partial charge on any atom is 0.0467 e. The third-order valence-corrected chi connectivity index (χ3v) is 0. The molecule has 0 aromatic heterocycles. The van der Waals surface area contributed by atoms with E-state index < -0.39 is 0 Å². The van der Waals surface area contributed by atoms with Crippen molar-refractivity contribution in [3.8, 4) is 0 Å². The van der Waals surface area contributed by atoms with E-state index in [2.05, 4.69) is 5.04 Å². The van der Waals surface area contributed by atoms with Crippen LogP contribution in [0.2, 0.25) is 0 Å². The Balaban J connectivity index is -0.00000000246. The largest absolute Gasteiger partial charge is 0.412 e. The Hall–Kier alpha value is 1.27. The molecule has 6 nitrogen and oxygen atoms in total. The summed E-state index contributed by atoms with van der Waals surface area (Å²) >= 11 is 0. The van der Waals surface area contributed by atoms with Crippen LogP contribution in [-0.2, 0) is 23.6 Å². The minimum atomic E-state index is 0. The Kier molecular flexibility index (Phi) is 1120. The normalized spacial score (nSPS) is 2.40. The molecule has 0 aliphatic carbocycles. The molecular weight excluding hydrogens is 409 g/mol. The van der Waals surface area contributed by atoms with Crippen molar-refractivity contribution in [3.05, 3.63) is 14.9 Å². The SMILES string of the molecule is O.OO.OOO.[CH3+].[CH3-].[U].[V]. The molecule has 0 aliphatic rings. The molecule has 0 heterocycles. The third kappa shape index (κ3) is 395. The number of hydrogen-bond donors (Lipinski definition) is 4. The van der Waals surface area contributed by atoms with Gasteiger partial charge in [-0.15, -0.1) is 0 Å². The zero-order valence-electron chi connectivity index (χ0n) is 5.64. The number of hydrogen-bond acceptors (Lipinski definition) is 5. The first kappa shape index (κ1) is 65.2. The zero-order chi connectivity index (χ0) is 4.71. The minimum Gasteiger partial charge on any atom is -0.412 e. The molecule has 0 aromatic carbocycles. The number of rotatable bonds is 0. The molecule has 0 unspecified atom stereocenters. The van der Waals surface area contributed by atoms with Gasteiger partial charge in [0.1, 0.15) is 0 Å². The molecule has 0 rings (SSSR count). The van der Waals surface area contributed by atoms with Gasteiger partial charge >= 0.3 is 0 Å². The van der Waals surface area contributed by atoms with Crippen molar-refractivity contribution >= 4 is 0 Å². The van der Waals surface area contributed by atoms with Gasteiger partial charge in [-0.25, -0.2) is 10.5 Å². The molecular formula is C2H12O6UV. The first-order valence-electron chi connectivity index (χ1n) is 0.565. The second-order valence-electron chi connectivity index (χ2n) is 0.0816. The fourth-order valence-corrected chi connectivity index (χ4v) is 0. The van der Waals surface area contributed by atoms with E-state index in [1.165, 1.54) is 0 Å². The van der Waals surface area contributed by atoms with Gasteiger partial charge in [-0.2, -0.15) is 0 Å². The van der Waals surface area contributed by atoms with Crippen LogP contribution in [0.1, 0.15) is 0 Å². The van der Waals surface area contributed by atoms with E-state index in [4.69, 9.17) is 21.0 Å². The molecule has 6 N–H and O–H groups in total. The molecule has 0 aromatic rings. The van der Waals surface area contributed by atoms with Crippen LogP contribution in [0.15, 0.2) is 0 Å². The maximum absolute atomic E-state index is 6.62. The molecule has 0 aliphatic heterocycles. The van der Waals surface area contributed by atoms with Gasteiger partial charge in [0.2, 0.25) is 0 Å². The summed E-state index contributed by atoms with van der Waals surface area (Å²) in [6.07, 6.45) is 0. The first-order chi connectivity index (χ1) is 2.41. The summed E-state index contributed by atoms with van der Waals surface area (Å²) in [6.45, 7) is 0. The van der Waals surface area contributed by atoms with Crippen molar-refractivity contribution in [1.82, 2.24) is 0 Å². The first-order valence-corrected chi connectivity index (χ1v) is 0.565. The van der Waals surface area contributed by atoms with Crippen molar-refractivity contribution in [3.63, 3.8) is 0 Å². The van der Waals surface area contributed by atoms with Gasteiger partial charge < -0.3 is 12.9 Å². The summed E-state index contributed by atoms with van der Waals surface area (Å²) in [5.41, 5.74) is 0. The van der Waals surface area contributed by atoms with Gasteiger partial charge in [-0.3, -0.25) is 10.5 Å². The molecule has 0 amide bonds. The summed E-state index contributed by atoms with van der Waals surface area (Å²) < 4.78 is 0. The quantitative estimate of drug-likeness (QED) is 0.250. The molecule has 10 heavy (non-hydrogen) atoms. The summed E-state index contributed by atoms with van der Waals surface area (Å²) in [6, 6.07) is 0. The molecule has 0 saturated heterocycles. The molecule has 8 heteroatoms. The van der Waals surface area contributed by atoms with Gasteiger partial charge in [-0.05, 0) is 0 Å². The molecule has 0 fully saturated rings. The monoisotopic (exact) mass is 421 g/mol. The topological polar surface area (TPSA) is 122 Å². The van der Waals surface area contributed by atoms with Gasteiger partial charge in [0, 0.05) is 57.1 Å². The summed E-state index contributed by atoms with van der Waals surface area (Å²) in [4.78, 5) is 0. The van der Waals surface area contributed by atoms with E-state index in [0.717, 1.165) is 0 Å². The van der Waals surface area contributed by atoms with Crippen LogP contribution in [0.5, 0.6) is 0 Å². The fraction of sp³-hybridized carbons (Fsp3) is 0. The van der Waals surface area contributed by atoms with Crippen LogP contribution in [0, 0.1) is 46.0 Å². The van der Waals surface area contributed by atoms with Crippen molar-refractivity contribution in [2.24, 2.45) is 0 Å². The third-order valence-electron chi connectivity index (χ3n) is 0. The van der Waals surface area contributed by atoms with E-state index in [1.807, 2.05) is 0 Å². The Morgan fingerprint density at radius 3 is 1.00 bits per heavy atom. The summed E-state index contributed by atoms with van der Waals surface area (Å²) in [7, 11) is 0. The van der Waals surface area contributed by atoms with Gasteiger partial charge in [0.05, 0.1) is 0 Å². The predicted octanol–water partition coefficient (Wildman–Crippen LogP) is 0.0398. The smallest absolute Gasteiger partial charge is 0.0467 e. The average molecular weight is 421 g/mol. The fourth-order valence-electron chi connectivity index (χ4n) is 0. The predicted molar refractivity (Wildman–Crippen MR) is 28.0 cm³/mol. The van der Waals surface area contributed by atoms with Crippen LogP contribution in [0.3, 0.4) is 0 Å². The molecule has 0 atom stereocenters. The van der Waals surface area contributed by atoms with Crippen LogP contribution < -0.4 is 0 Å². The molecule has 1 radical (unpaired) electrons. The second-order valence-corrected chi connectivity index (χ2v) is 0.0816. The Morgan fingerprint density at radius 2 is 1.00 bits per heavy atom. The molecule has 65 valence electrons. The zero-order valence-corrected chi connectivity index (χ0v) is 11.2. The summed E-state index contributed by atoms with van der Waals surface area (Å²) in [5.74, 6) is 0. The van der Waals surface area contributed by atoms with E-state index in [1.54, 1.807) is 0 Å². The van der Waals surface area contributed by atoms with Crippen LogP contribution >= 0.6 is 0 Å². The Labute approximate surface area is 95.6 Å². The van der Waals surface area contributed by atoms with E-state index in [0.29, 0.717) is 0 Å². The van der Waals surface area contributed by atoms with Crippen LogP contribution in [0.25, 0.3) is 0 Å². The maximum atomic E-state index is 6.62. The van der Waals surface area contributed by atoms with Crippen molar-refractivity contribution < 1.29 is 81.2 Å². The summed E-state index contributed by atoms with van der Waals surface area (Å²) in [5, 5.41) is 27.5. The van der Waals surface area contributed by atoms with Gasteiger partial charge in [0.25, 0.3) is 0 Å². The molecule has 0 bridgehead atoms. The van der Waals surface area contributed by atoms with Crippen LogP contribution in [0.4, 0.5) is 0 Å². The van der Waals surface area contributed by atoms with Crippen molar-refractivity contribution in [2.45, 2.75) is 0 Å². The molecule has 0 saturated carbocycles. The van der Waals surface area contributed by atoms with E-state index in [9.17, 15) is 0 Å². The molecule has 0 spiro atoms. The second kappa shape index (κ2) is 172. The van der Waals surface area contributed by atoms with Crippen LogP contribution in [-0.4, -0.2) is 26.5 Å². The minimum absolute atomic E-state index is 0. The Bertz CT molecular complexity index is 15.7. The van der Waals surface area contributed by atoms with Crippen molar-refractivity contribution in [2.75, 3.05) is 0 Å². The van der Waals surface area contributed by atoms with E-state index >= 15 is 0 Å².